The second kappa shape index (κ2) is 6.13. The van der Waals surface area contributed by atoms with Crippen LogP contribution in [0.3, 0.4) is 0 Å². The highest BCUT2D eigenvalue weighted by Gasteiger charge is 2.38. The molecule has 0 radical (unpaired) electrons. The highest BCUT2D eigenvalue weighted by atomic mass is 19.4. The van der Waals surface area contributed by atoms with Crippen LogP contribution in [0.2, 0.25) is 0 Å². The zero-order valence-electron chi connectivity index (χ0n) is 10.6. The largest absolute Gasteiger partial charge is 0.481 e. The van der Waals surface area contributed by atoms with Gasteiger partial charge in [-0.05, 0) is 23.8 Å². The molecule has 10 heteroatoms. The van der Waals surface area contributed by atoms with E-state index in [-0.39, 0.29) is 18.2 Å². The van der Waals surface area contributed by atoms with Crippen LogP contribution < -0.4 is 0 Å². The lowest BCUT2D eigenvalue weighted by molar-refractivity contribution is -0.144. The molecule has 1 aromatic rings. The first-order valence-electron chi connectivity index (χ1n) is 5.69. The summed E-state index contributed by atoms with van der Waals surface area (Å²) in [5.74, 6) is -1.57. The predicted octanol–water partition coefficient (Wildman–Crippen LogP) is 2.59. The summed E-state index contributed by atoms with van der Waals surface area (Å²) < 4.78 is 75.6. The van der Waals surface area contributed by atoms with Gasteiger partial charge in [-0.1, -0.05) is 0 Å². The van der Waals surface area contributed by atoms with Crippen LogP contribution in [0.1, 0.15) is 29.2 Å². The molecule has 0 aliphatic heterocycles. The molecule has 1 rings (SSSR count). The van der Waals surface area contributed by atoms with E-state index in [2.05, 4.69) is 0 Å². The van der Waals surface area contributed by atoms with Crippen LogP contribution >= 0.6 is 0 Å². The average molecular weight is 332 g/mol. The van der Waals surface area contributed by atoms with Gasteiger partial charge in [-0.3, -0.25) is 4.79 Å². The molecule has 0 saturated carbocycles. The fourth-order valence-electron chi connectivity index (χ4n) is 1.66. The zero-order valence-corrected chi connectivity index (χ0v) is 10.6. The van der Waals surface area contributed by atoms with Crippen LogP contribution in [0.5, 0.6) is 0 Å². The lowest BCUT2D eigenvalue weighted by Gasteiger charge is -2.20. The maximum absolute atomic E-state index is 12.6. The standard InChI is InChI=1S/C12H10F6O4/c13-11(14,15)6-1-5(2-7(3-6)12(16,17)18)10(22)8(19)4-9(20)21/h1-3,8,10,19,22H,4H2,(H,20,21). The van der Waals surface area contributed by atoms with Gasteiger partial charge in [-0.25, -0.2) is 0 Å². The first kappa shape index (κ1) is 18.2. The molecule has 22 heavy (non-hydrogen) atoms. The van der Waals surface area contributed by atoms with Crippen molar-refractivity contribution in [2.24, 2.45) is 0 Å². The van der Waals surface area contributed by atoms with E-state index in [1.165, 1.54) is 0 Å². The van der Waals surface area contributed by atoms with Crippen molar-refractivity contribution in [1.82, 2.24) is 0 Å². The van der Waals surface area contributed by atoms with E-state index in [1.807, 2.05) is 0 Å². The second-order valence-electron chi connectivity index (χ2n) is 4.45. The fraction of sp³-hybridized carbons (Fsp3) is 0.417. The molecular weight excluding hydrogens is 322 g/mol. The molecule has 2 unspecified atom stereocenters. The highest BCUT2D eigenvalue weighted by molar-refractivity contribution is 5.67. The van der Waals surface area contributed by atoms with E-state index in [4.69, 9.17) is 5.11 Å². The summed E-state index contributed by atoms with van der Waals surface area (Å²) >= 11 is 0. The first-order chi connectivity index (χ1) is 9.82. The Morgan fingerprint density at radius 2 is 1.36 bits per heavy atom. The van der Waals surface area contributed by atoms with Gasteiger partial charge in [0, 0.05) is 0 Å². The number of alkyl halides is 6. The fourth-order valence-corrected chi connectivity index (χ4v) is 1.66. The molecule has 124 valence electrons. The molecule has 0 bridgehead atoms. The van der Waals surface area contributed by atoms with Crippen molar-refractivity contribution in [2.45, 2.75) is 31.0 Å². The van der Waals surface area contributed by atoms with E-state index < -0.39 is 53.6 Å². The van der Waals surface area contributed by atoms with E-state index in [0.29, 0.717) is 0 Å². The van der Waals surface area contributed by atoms with Crippen LogP contribution in [-0.4, -0.2) is 27.4 Å². The molecule has 0 aromatic heterocycles. The van der Waals surface area contributed by atoms with Crippen LogP contribution in [0.15, 0.2) is 18.2 Å². The summed E-state index contributed by atoms with van der Waals surface area (Å²) in [6.07, 6.45) is -15.5. The number of aliphatic carboxylic acids is 1. The number of hydrogen-bond donors (Lipinski definition) is 3. The molecule has 0 aliphatic carbocycles. The number of carboxylic acid groups (broad SMARTS) is 1. The summed E-state index contributed by atoms with van der Waals surface area (Å²) in [7, 11) is 0. The van der Waals surface area contributed by atoms with E-state index in [1.54, 1.807) is 0 Å². The Morgan fingerprint density at radius 1 is 0.955 bits per heavy atom. The SMILES string of the molecule is O=C(O)CC(O)C(O)c1cc(C(F)(F)F)cc(C(F)(F)F)c1. The molecule has 0 amide bonds. The average Bonchev–Trinajstić information content (AvgIpc) is 2.34. The summed E-state index contributed by atoms with van der Waals surface area (Å²) in [6, 6.07) is 0.315. The number of hydrogen-bond acceptors (Lipinski definition) is 3. The molecule has 0 saturated heterocycles. The Labute approximate surface area is 119 Å². The van der Waals surface area contributed by atoms with Crippen molar-refractivity contribution >= 4 is 5.97 Å². The van der Waals surface area contributed by atoms with Crippen molar-refractivity contribution in [3.8, 4) is 0 Å². The van der Waals surface area contributed by atoms with Crippen LogP contribution in [0, 0.1) is 0 Å². The van der Waals surface area contributed by atoms with Gasteiger partial charge < -0.3 is 15.3 Å². The second-order valence-corrected chi connectivity index (χ2v) is 4.45. The van der Waals surface area contributed by atoms with E-state index >= 15 is 0 Å². The van der Waals surface area contributed by atoms with Crippen LogP contribution in [0.25, 0.3) is 0 Å². The van der Waals surface area contributed by atoms with Crippen molar-refractivity contribution < 1.29 is 46.5 Å². The molecule has 0 heterocycles. The molecule has 1 aromatic carbocycles. The molecule has 2 atom stereocenters. The minimum Gasteiger partial charge on any atom is -0.481 e. The Morgan fingerprint density at radius 3 is 1.68 bits per heavy atom. The minimum atomic E-state index is -5.10. The Kier molecular flexibility index (Phi) is 5.08. The third-order valence-electron chi connectivity index (χ3n) is 2.70. The van der Waals surface area contributed by atoms with E-state index in [9.17, 15) is 41.4 Å². The maximum atomic E-state index is 12.6. The molecular formula is C12H10F6O4. The van der Waals surface area contributed by atoms with Gasteiger partial charge in [0.2, 0.25) is 0 Å². The normalized spacial score (nSPS) is 15.5. The van der Waals surface area contributed by atoms with Crippen molar-refractivity contribution in [3.63, 3.8) is 0 Å². The third kappa shape index (κ3) is 4.60. The number of aliphatic hydroxyl groups is 2. The highest BCUT2D eigenvalue weighted by Crippen LogP contribution is 2.38. The molecule has 0 spiro atoms. The summed E-state index contributed by atoms with van der Waals surface area (Å²) in [5.41, 5.74) is -4.21. The number of aliphatic hydroxyl groups excluding tert-OH is 2. The van der Waals surface area contributed by atoms with Gasteiger partial charge >= 0.3 is 18.3 Å². The summed E-state index contributed by atoms with van der Waals surface area (Å²) in [6.45, 7) is 0. The molecule has 0 fully saturated rings. The molecule has 3 N–H and O–H groups in total. The lowest BCUT2D eigenvalue weighted by Crippen LogP contribution is -2.23. The van der Waals surface area contributed by atoms with Gasteiger partial charge in [-0.15, -0.1) is 0 Å². The van der Waals surface area contributed by atoms with E-state index in [0.717, 1.165) is 0 Å². The number of carboxylic acids is 1. The smallest absolute Gasteiger partial charge is 0.416 e. The Hall–Kier alpha value is -1.81. The minimum absolute atomic E-state index is 0.139. The van der Waals surface area contributed by atoms with Crippen molar-refractivity contribution in [3.05, 3.63) is 34.9 Å². The maximum Gasteiger partial charge on any atom is 0.416 e. The summed E-state index contributed by atoms with van der Waals surface area (Å²) in [4.78, 5) is 10.4. The quantitative estimate of drug-likeness (QED) is 0.741. The van der Waals surface area contributed by atoms with Crippen molar-refractivity contribution in [2.75, 3.05) is 0 Å². The monoisotopic (exact) mass is 332 g/mol. The predicted molar refractivity (Wildman–Crippen MR) is 59.7 cm³/mol. The summed E-state index contributed by atoms with van der Waals surface area (Å²) in [5, 5.41) is 27.3. The third-order valence-corrected chi connectivity index (χ3v) is 2.70. The Balaban J connectivity index is 3.32. The van der Waals surface area contributed by atoms with Crippen molar-refractivity contribution in [1.29, 1.82) is 0 Å². The molecule has 0 aliphatic rings. The van der Waals surface area contributed by atoms with Gasteiger partial charge in [0.05, 0.1) is 23.7 Å². The van der Waals surface area contributed by atoms with Gasteiger partial charge in [0.15, 0.2) is 0 Å². The topological polar surface area (TPSA) is 77.8 Å². The number of halogens is 6. The first-order valence-corrected chi connectivity index (χ1v) is 5.69. The number of rotatable bonds is 4. The number of benzene rings is 1. The zero-order chi connectivity index (χ0) is 17.3. The lowest BCUT2D eigenvalue weighted by atomic mass is 9.97. The van der Waals surface area contributed by atoms with Gasteiger partial charge in [0.1, 0.15) is 6.10 Å². The Bertz CT molecular complexity index is 519. The molecule has 4 nitrogen and oxygen atoms in total. The van der Waals surface area contributed by atoms with Crippen LogP contribution in [-0.2, 0) is 17.1 Å². The van der Waals surface area contributed by atoms with Crippen LogP contribution in [0.4, 0.5) is 26.3 Å². The number of carbonyl (C=O) groups is 1. The van der Waals surface area contributed by atoms with Gasteiger partial charge in [-0.2, -0.15) is 26.3 Å². The van der Waals surface area contributed by atoms with Gasteiger partial charge in [0.25, 0.3) is 0 Å².